The molecule has 0 atom stereocenters. The predicted octanol–water partition coefficient (Wildman–Crippen LogP) is 3.97. The van der Waals surface area contributed by atoms with Gasteiger partial charge in [-0.05, 0) is 36.1 Å². The number of hydrogen-bond acceptors (Lipinski definition) is 2. The summed E-state index contributed by atoms with van der Waals surface area (Å²) in [5, 5.41) is 5.24. The fraction of sp³-hybridized carbons (Fsp3) is 0.263. The first-order valence-corrected chi connectivity index (χ1v) is 8.48. The van der Waals surface area contributed by atoms with Crippen LogP contribution in [-0.2, 0) is 17.6 Å². The summed E-state index contributed by atoms with van der Waals surface area (Å²) in [7, 11) is 0. The molecule has 0 aromatic heterocycles. The van der Waals surface area contributed by atoms with Crippen molar-refractivity contribution < 1.29 is 14.0 Å². The average molecular weight is 363 g/mol. The lowest BCUT2D eigenvalue weighted by atomic mass is 10.0. The quantitative estimate of drug-likeness (QED) is 0.816. The smallest absolute Gasteiger partial charge is 0.256 e. The molecule has 132 valence electrons. The lowest BCUT2D eigenvalue weighted by molar-refractivity contribution is -0.115. The first kappa shape index (κ1) is 18.9. The Balaban J connectivity index is 2.06. The molecule has 0 aliphatic carbocycles. The van der Waals surface area contributed by atoms with Crippen LogP contribution in [0.15, 0.2) is 36.4 Å². The van der Waals surface area contributed by atoms with Gasteiger partial charge in [-0.2, -0.15) is 0 Å². The second-order valence-corrected chi connectivity index (χ2v) is 5.89. The van der Waals surface area contributed by atoms with Crippen LogP contribution in [0.4, 0.5) is 10.1 Å². The molecule has 0 heterocycles. The Morgan fingerprint density at radius 3 is 2.20 bits per heavy atom. The second-order valence-electron chi connectivity index (χ2n) is 5.49. The van der Waals surface area contributed by atoms with Gasteiger partial charge in [-0.1, -0.05) is 49.7 Å². The van der Waals surface area contributed by atoms with E-state index in [9.17, 15) is 14.0 Å². The minimum Gasteiger partial charge on any atom is -0.343 e. The van der Waals surface area contributed by atoms with Crippen LogP contribution in [0.5, 0.6) is 0 Å². The van der Waals surface area contributed by atoms with E-state index in [0.29, 0.717) is 0 Å². The molecule has 2 aromatic rings. The summed E-state index contributed by atoms with van der Waals surface area (Å²) < 4.78 is 13.7. The summed E-state index contributed by atoms with van der Waals surface area (Å²) in [6.45, 7) is 3.74. The molecular weight excluding hydrogens is 343 g/mol. The number of halogens is 2. The summed E-state index contributed by atoms with van der Waals surface area (Å²) in [6.07, 6.45) is 1.56. The monoisotopic (exact) mass is 362 g/mol. The van der Waals surface area contributed by atoms with Gasteiger partial charge in [-0.3, -0.25) is 9.59 Å². The van der Waals surface area contributed by atoms with Crippen molar-refractivity contribution in [3.8, 4) is 0 Å². The third-order valence-corrected chi connectivity index (χ3v) is 4.18. The minimum absolute atomic E-state index is 0.00232. The first-order chi connectivity index (χ1) is 12.0. The van der Waals surface area contributed by atoms with Crippen molar-refractivity contribution in [1.82, 2.24) is 5.32 Å². The number of para-hydroxylation sites is 1. The van der Waals surface area contributed by atoms with Crippen LogP contribution in [0.3, 0.4) is 0 Å². The Morgan fingerprint density at radius 2 is 1.64 bits per heavy atom. The van der Waals surface area contributed by atoms with Crippen LogP contribution >= 0.6 is 11.6 Å². The molecule has 25 heavy (non-hydrogen) atoms. The Hall–Kier alpha value is -2.40. The van der Waals surface area contributed by atoms with Gasteiger partial charge < -0.3 is 10.6 Å². The van der Waals surface area contributed by atoms with Crippen molar-refractivity contribution in [2.75, 3.05) is 11.9 Å². The van der Waals surface area contributed by atoms with Crippen molar-refractivity contribution in [2.45, 2.75) is 26.7 Å². The van der Waals surface area contributed by atoms with Gasteiger partial charge in [0.15, 0.2) is 0 Å². The normalized spacial score (nSPS) is 10.4. The van der Waals surface area contributed by atoms with Gasteiger partial charge in [0.1, 0.15) is 5.82 Å². The molecule has 0 radical (unpaired) electrons. The van der Waals surface area contributed by atoms with E-state index in [1.54, 1.807) is 0 Å². The van der Waals surface area contributed by atoms with Crippen LogP contribution < -0.4 is 10.6 Å². The average Bonchev–Trinajstić information content (AvgIpc) is 2.60. The molecule has 0 aliphatic heterocycles. The van der Waals surface area contributed by atoms with E-state index in [0.717, 1.165) is 35.7 Å². The van der Waals surface area contributed by atoms with Crippen molar-refractivity contribution in [1.29, 1.82) is 0 Å². The fourth-order valence-corrected chi connectivity index (χ4v) is 2.80. The van der Waals surface area contributed by atoms with Gasteiger partial charge in [0.05, 0.1) is 17.1 Å². The van der Waals surface area contributed by atoms with E-state index < -0.39 is 11.7 Å². The molecule has 2 amide bonds. The Morgan fingerprint density at radius 1 is 1.04 bits per heavy atom. The third kappa shape index (κ3) is 4.57. The van der Waals surface area contributed by atoms with Crippen LogP contribution in [0.1, 0.15) is 35.3 Å². The molecule has 0 fully saturated rings. The molecule has 0 saturated heterocycles. The van der Waals surface area contributed by atoms with Crippen LogP contribution in [0.2, 0.25) is 5.02 Å². The van der Waals surface area contributed by atoms with E-state index >= 15 is 0 Å². The van der Waals surface area contributed by atoms with Crippen molar-refractivity contribution in [3.05, 3.63) is 63.9 Å². The predicted molar refractivity (Wildman–Crippen MR) is 97.6 cm³/mol. The van der Waals surface area contributed by atoms with Gasteiger partial charge in [-0.15, -0.1) is 0 Å². The number of aryl methyl sites for hydroxylation is 2. The number of carbonyl (C=O) groups is 2. The van der Waals surface area contributed by atoms with Crippen molar-refractivity contribution >= 4 is 29.1 Å². The number of amides is 2. The molecule has 0 aliphatic rings. The van der Waals surface area contributed by atoms with E-state index in [2.05, 4.69) is 10.6 Å². The van der Waals surface area contributed by atoms with Gasteiger partial charge >= 0.3 is 0 Å². The zero-order chi connectivity index (χ0) is 18.4. The summed E-state index contributed by atoms with van der Waals surface area (Å²) >= 11 is 5.85. The van der Waals surface area contributed by atoms with Crippen LogP contribution in [-0.4, -0.2) is 18.4 Å². The summed E-state index contributed by atoms with van der Waals surface area (Å²) in [5.74, 6) is -1.83. The highest BCUT2D eigenvalue weighted by Crippen LogP contribution is 2.22. The maximum Gasteiger partial charge on any atom is 0.256 e. The molecule has 4 nitrogen and oxygen atoms in total. The fourth-order valence-electron chi connectivity index (χ4n) is 2.55. The minimum atomic E-state index is -0.727. The second kappa shape index (κ2) is 8.62. The highest BCUT2D eigenvalue weighted by atomic mass is 35.5. The zero-order valence-electron chi connectivity index (χ0n) is 14.2. The SMILES string of the molecule is CCc1cccc(CC)c1NC(=O)CNC(=O)c1c(F)cccc1Cl. The van der Waals surface area contributed by atoms with Crippen molar-refractivity contribution in [2.24, 2.45) is 0 Å². The number of benzene rings is 2. The van der Waals surface area contributed by atoms with E-state index in [4.69, 9.17) is 11.6 Å². The number of nitrogens with one attached hydrogen (secondary N) is 2. The molecule has 0 saturated carbocycles. The first-order valence-electron chi connectivity index (χ1n) is 8.10. The number of hydrogen-bond donors (Lipinski definition) is 2. The number of rotatable bonds is 6. The van der Waals surface area contributed by atoms with Gasteiger partial charge in [0.2, 0.25) is 5.91 Å². The van der Waals surface area contributed by atoms with Crippen LogP contribution in [0, 0.1) is 5.82 Å². The summed E-state index contributed by atoms with van der Waals surface area (Å²) in [6, 6.07) is 9.83. The van der Waals surface area contributed by atoms with E-state index in [1.165, 1.54) is 12.1 Å². The molecule has 0 bridgehead atoms. The molecule has 2 aromatic carbocycles. The third-order valence-electron chi connectivity index (χ3n) is 3.86. The van der Waals surface area contributed by atoms with E-state index in [1.807, 2.05) is 32.0 Å². The van der Waals surface area contributed by atoms with Gasteiger partial charge in [0, 0.05) is 5.69 Å². The Bertz CT molecular complexity index is 750. The molecular formula is C19H20ClFN2O2. The van der Waals surface area contributed by atoms with Gasteiger partial charge in [-0.25, -0.2) is 4.39 Å². The molecule has 0 spiro atoms. The van der Waals surface area contributed by atoms with E-state index in [-0.39, 0.29) is 23.0 Å². The molecule has 0 unspecified atom stereocenters. The highest BCUT2D eigenvalue weighted by Gasteiger charge is 2.17. The highest BCUT2D eigenvalue weighted by molar-refractivity contribution is 6.33. The molecule has 6 heteroatoms. The number of anilines is 1. The number of carbonyl (C=O) groups excluding carboxylic acids is 2. The lowest BCUT2D eigenvalue weighted by Crippen LogP contribution is -2.33. The maximum atomic E-state index is 13.7. The summed E-state index contributed by atoms with van der Waals surface area (Å²) in [4.78, 5) is 24.3. The Kier molecular flexibility index (Phi) is 6.53. The van der Waals surface area contributed by atoms with Crippen LogP contribution in [0.25, 0.3) is 0 Å². The summed E-state index contributed by atoms with van der Waals surface area (Å²) in [5.41, 5.74) is 2.56. The van der Waals surface area contributed by atoms with Gasteiger partial charge in [0.25, 0.3) is 5.91 Å². The lowest BCUT2D eigenvalue weighted by Gasteiger charge is -2.15. The van der Waals surface area contributed by atoms with Crippen molar-refractivity contribution in [3.63, 3.8) is 0 Å². The topological polar surface area (TPSA) is 58.2 Å². The zero-order valence-corrected chi connectivity index (χ0v) is 14.9. The molecule has 2 N–H and O–H groups in total. The Labute approximate surface area is 151 Å². The largest absolute Gasteiger partial charge is 0.343 e. The standard InChI is InChI=1S/C19H20ClFN2O2/c1-3-12-7-5-8-13(4-2)18(12)23-16(24)11-22-19(25)17-14(20)9-6-10-15(17)21/h5-10H,3-4,11H2,1-2H3,(H,22,25)(H,23,24). The molecule has 2 rings (SSSR count). The maximum absolute atomic E-state index is 13.7.